The van der Waals surface area contributed by atoms with Crippen molar-refractivity contribution in [1.29, 1.82) is 0 Å². The molecule has 0 spiro atoms. The van der Waals surface area contributed by atoms with E-state index in [1.54, 1.807) is 0 Å². The number of hydrogen-bond donors (Lipinski definition) is 2. The Hall–Kier alpha value is -0.570. The van der Waals surface area contributed by atoms with Gasteiger partial charge in [-0.2, -0.15) is 0 Å². The predicted molar refractivity (Wildman–Crippen MR) is 57.8 cm³/mol. The van der Waals surface area contributed by atoms with Gasteiger partial charge in [0, 0.05) is 6.04 Å². The lowest BCUT2D eigenvalue weighted by Crippen LogP contribution is -2.45. The normalized spacial score (nSPS) is 20.2. The van der Waals surface area contributed by atoms with E-state index in [9.17, 15) is 4.79 Å². The van der Waals surface area contributed by atoms with Crippen molar-refractivity contribution in [2.45, 2.75) is 58.0 Å². The van der Waals surface area contributed by atoms with Crippen LogP contribution in [0.4, 0.5) is 0 Å². The molecule has 3 heteroatoms. The molecule has 2 unspecified atom stereocenters. The zero-order valence-corrected chi connectivity index (χ0v) is 9.25. The molecule has 1 fully saturated rings. The first kappa shape index (κ1) is 11.5. The highest BCUT2D eigenvalue weighted by atomic mass is 16.2. The van der Waals surface area contributed by atoms with E-state index in [-0.39, 0.29) is 11.9 Å². The summed E-state index contributed by atoms with van der Waals surface area (Å²) in [6.07, 6.45) is 5.54. The summed E-state index contributed by atoms with van der Waals surface area (Å²) in [6.45, 7) is 4.05. The second-order valence-corrected chi connectivity index (χ2v) is 4.31. The van der Waals surface area contributed by atoms with Crippen LogP contribution in [0.2, 0.25) is 0 Å². The number of nitrogens with one attached hydrogen (secondary N) is 1. The first-order valence-corrected chi connectivity index (χ1v) is 5.73. The highest BCUT2D eigenvalue weighted by Crippen LogP contribution is 2.33. The lowest BCUT2D eigenvalue weighted by atomic mass is 10.1. The Bertz CT molecular complexity index is 190. The van der Waals surface area contributed by atoms with E-state index >= 15 is 0 Å². The first-order valence-electron chi connectivity index (χ1n) is 5.73. The second-order valence-electron chi connectivity index (χ2n) is 4.31. The summed E-state index contributed by atoms with van der Waals surface area (Å²) in [5.74, 6) is 0.873. The molecule has 3 N–H and O–H groups in total. The summed E-state index contributed by atoms with van der Waals surface area (Å²) in [5, 5.41) is 3.02. The second kappa shape index (κ2) is 5.35. The zero-order chi connectivity index (χ0) is 10.6. The van der Waals surface area contributed by atoms with Crippen molar-refractivity contribution < 1.29 is 4.79 Å². The van der Waals surface area contributed by atoms with E-state index in [1.165, 1.54) is 12.8 Å². The molecule has 3 nitrogen and oxygen atoms in total. The maximum Gasteiger partial charge on any atom is 0.237 e. The molecular weight excluding hydrogens is 176 g/mol. The summed E-state index contributed by atoms with van der Waals surface area (Å²) in [4.78, 5) is 11.5. The van der Waals surface area contributed by atoms with Crippen LogP contribution in [0, 0.1) is 5.92 Å². The average molecular weight is 198 g/mol. The van der Waals surface area contributed by atoms with E-state index in [1.807, 2.05) is 6.92 Å². The van der Waals surface area contributed by atoms with Gasteiger partial charge in [-0.25, -0.2) is 0 Å². The van der Waals surface area contributed by atoms with Crippen molar-refractivity contribution in [3.63, 3.8) is 0 Å². The van der Waals surface area contributed by atoms with E-state index in [2.05, 4.69) is 12.2 Å². The molecule has 0 saturated heterocycles. The smallest absolute Gasteiger partial charge is 0.237 e. The number of nitrogens with two attached hydrogens (primary N) is 1. The van der Waals surface area contributed by atoms with Crippen LogP contribution in [-0.2, 0) is 4.79 Å². The Morgan fingerprint density at radius 1 is 1.43 bits per heavy atom. The maximum atomic E-state index is 11.5. The van der Waals surface area contributed by atoms with Crippen LogP contribution >= 0.6 is 0 Å². The minimum absolute atomic E-state index is 0.0139. The van der Waals surface area contributed by atoms with Crippen molar-refractivity contribution >= 4 is 5.91 Å². The number of carbonyl (C=O) groups is 1. The van der Waals surface area contributed by atoms with Crippen molar-refractivity contribution in [2.75, 3.05) is 0 Å². The standard InChI is InChI=1S/C11H22N2O/c1-3-9(7-8-5-6-8)13-11(14)10(12)4-2/h8-10H,3-7,12H2,1-2H3,(H,13,14). The number of hydrogen-bond acceptors (Lipinski definition) is 2. The molecule has 2 atom stereocenters. The molecule has 0 aromatic heterocycles. The Morgan fingerprint density at radius 2 is 2.07 bits per heavy atom. The zero-order valence-electron chi connectivity index (χ0n) is 9.25. The summed E-state index contributed by atoms with van der Waals surface area (Å²) in [5.41, 5.74) is 5.65. The molecule has 1 saturated carbocycles. The van der Waals surface area contributed by atoms with Crippen molar-refractivity contribution in [1.82, 2.24) is 5.32 Å². The fourth-order valence-corrected chi connectivity index (χ4v) is 1.58. The van der Waals surface area contributed by atoms with Gasteiger partial charge in [0.15, 0.2) is 0 Å². The lowest BCUT2D eigenvalue weighted by Gasteiger charge is -2.18. The van der Waals surface area contributed by atoms with Gasteiger partial charge < -0.3 is 11.1 Å². The highest BCUT2D eigenvalue weighted by molar-refractivity contribution is 5.81. The minimum Gasteiger partial charge on any atom is -0.352 e. The average Bonchev–Trinajstić information content (AvgIpc) is 2.99. The SMILES string of the molecule is CCC(CC1CC1)NC(=O)C(N)CC. The van der Waals surface area contributed by atoms with Crippen LogP contribution in [0.3, 0.4) is 0 Å². The molecule has 0 radical (unpaired) electrons. The van der Waals surface area contributed by atoms with Crippen molar-refractivity contribution in [3.05, 3.63) is 0 Å². The Kier molecular flexibility index (Phi) is 4.39. The van der Waals surface area contributed by atoms with Gasteiger partial charge in [0.25, 0.3) is 0 Å². The van der Waals surface area contributed by atoms with Crippen LogP contribution in [0.1, 0.15) is 46.0 Å². The molecule has 1 rings (SSSR count). The van der Waals surface area contributed by atoms with Crippen molar-refractivity contribution in [3.8, 4) is 0 Å². The van der Waals surface area contributed by atoms with Gasteiger partial charge in [0.1, 0.15) is 0 Å². The topological polar surface area (TPSA) is 55.1 Å². The fraction of sp³-hybridized carbons (Fsp3) is 0.909. The number of amides is 1. The van der Waals surface area contributed by atoms with Crippen LogP contribution in [0.15, 0.2) is 0 Å². The quantitative estimate of drug-likeness (QED) is 0.678. The monoisotopic (exact) mass is 198 g/mol. The summed E-state index contributed by atoms with van der Waals surface area (Å²) < 4.78 is 0. The summed E-state index contributed by atoms with van der Waals surface area (Å²) in [6, 6.07) is 0.0100. The Labute approximate surface area is 86.4 Å². The van der Waals surface area contributed by atoms with Gasteiger partial charge in [0.05, 0.1) is 6.04 Å². The van der Waals surface area contributed by atoms with Gasteiger partial charge in [-0.15, -0.1) is 0 Å². The fourth-order valence-electron chi connectivity index (χ4n) is 1.58. The van der Waals surface area contributed by atoms with E-state index < -0.39 is 0 Å². The third kappa shape index (κ3) is 3.66. The molecule has 0 aromatic carbocycles. The van der Waals surface area contributed by atoms with Crippen molar-refractivity contribution in [2.24, 2.45) is 11.7 Å². The molecule has 0 aliphatic heterocycles. The molecule has 1 amide bonds. The lowest BCUT2D eigenvalue weighted by molar-refractivity contribution is -0.123. The predicted octanol–water partition coefficient (Wildman–Crippen LogP) is 1.42. The van der Waals surface area contributed by atoms with Crippen LogP contribution in [0.5, 0.6) is 0 Å². The summed E-state index contributed by atoms with van der Waals surface area (Å²) in [7, 11) is 0. The third-order valence-corrected chi connectivity index (χ3v) is 2.93. The van der Waals surface area contributed by atoms with Crippen LogP contribution in [0.25, 0.3) is 0 Å². The Morgan fingerprint density at radius 3 is 2.50 bits per heavy atom. The van der Waals surface area contributed by atoms with Gasteiger partial charge >= 0.3 is 0 Å². The van der Waals surface area contributed by atoms with Gasteiger partial charge in [-0.1, -0.05) is 26.7 Å². The molecule has 0 aromatic rings. The molecule has 1 aliphatic rings. The van der Waals surface area contributed by atoms with E-state index in [0.29, 0.717) is 12.5 Å². The van der Waals surface area contributed by atoms with Gasteiger partial charge in [-0.3, -0.25) is 4.79 Å². The van der Waals surface area contributed by atoms with Crippen LogP contribution < -0.4 is 11.1 Å². The van der Waals surface area contributed by atoms with Gasteiger partial charge in [-0.05, 0) is 25.2 Å². The highest BCUT2D eigenvalue weighted by Gasteiger charge is 2.26. The van der Waals surface area contributed by atoms with Crippen LogP contribution in [-0.4, -0.2) is 18.0 Å². The largest absolute Gasteiger partial charge is 0.352 e. The molecule has 14 heavy (non-hydrogen) atoms. The minimum atomic E-state index is -0.330. The third-order valence-electron chi connectivity index (χ3n) is 2.93. The molecule has 0 heterocycles. The Balaban J connectivity index is 2.26. The molecule has 1 aliphatic carbocycles. The van der Waals surface area contributed by atoms with E-state index in [4.69, 9.17) is 5.73 Å². The van der Waals surface area contributed by atoms with E-state index in [0.717, 1.165) is 18.8 Å². The summed E-state index contributed by atoms with van der Waals surface area (Å²) >= 11 is 0. The molecule has 0 bridgehead atoms. The molecule has 82 valence electrons. The number of carbonyl (C=O) groups excluding carboxylic acids is 1. The first-order chi connectivity index (χ1) is 6.67. The number of rotatable bonds is 6. The molecular formula is C11H22N2O. The maximum absolute atomic E-state index is 11.5. The van der Waals surface area contributed by atoms with Gasteiger partial charge in [0.2, 0.25) is 5.91 Å².